The summed E-state index contributed by atoms with van der Waals surface area (Å²) in [5.74, 6) is -0.950. The molecule has 0 bridgehead atoms. The molecule has 1 fully saturated rings. The van der Waals surface area contributed by atoms with Crippen LogP contribution in [0.5, 0.6) is 0 Å². The van der Waals surface area contributed by atoms with Crippen LogP contribution in [0.4, 0.5) is 10.1 Å². The Morgan fingerprint density at radius 3 is 3.05 bits per heavy atom. The fraction of sp³-hybridized carbons (Fsp3) is 0.308. The standard InChI is InChI=1S/C13H12FN3O2S/c14-8-3-1-2-4-9(8)16-11(18)7-10-12(19)17-6-5-15-13(17)20-10/h1-4,10H,5-7H2,(H,16,18)/t10-/m0/s1. The Hall–Kier alpha value is -1.89. The molecule has 0 radical (unpaired) electrons. The van der Waals surface area contributed by atoms with Crippen LogP contribution in [0.25, 0.3) is 0 Å². The van der Waals surface area contributed by atoms with E-state index in [9.17, 15) is 14.0 Å². The Morgan fingerprint density at radius 2 is 2.30 bits per heavy atom. The average Bonchev–Trinajstić information content (AvgIpc) is 2.97. The van der Waals surface area contributed by atoms with Gasteiger partial charge in [-0.25, -0.2) is 4.39 Å². The third-order valence-corrected chi connectivity index (χ3v) is 4.32. The molecule has 2 aliphatic rings. The largest absolute Gasteiger partial charge is 0.324 e. The molecular formula is C13H12FN3O2S. The highest BCUT2D eigenvalue weighted by Crippen LogP contribution is 2.31. The molecule has 7 heteroatoms. The monoisotopic (exact) mass is 293 g/mol. The van der Waals surface area contributed by atoms with E-state index in [0.717, 1.165) is 0 Å². The van der Waals surface area contributed by atoms with Gasteiger partial charge in [0.05, 0.1) is 12.2 Å². The van der Waals surface area contributed by atoms with Gasteiger partial charge in [0.15, 0.2) is 5.17 Å². The molecule has 0 unspecified atom stereocenters. The summed E-state index contributed by atoms with van der Waals surface area (Å²) in [6.07, 6.45) is 0.0212. The Kier molecular flexibility index (Phi) is 3.43. The fourth-order valence-corrected chi connectivity index (χ4v) is 3.34. The van der Waals surface area contributed by atoms with Crippen molar-refractivity contribution >= 4 is 34.4 Å². The van der Waals surface area contributed by atoms with Gasteiger partial charge in [-0.1, -0.05) is 23.9 Å². The molecule has 0 spiro atoms. The first-order valence-electron chi connectivity index (χ1n) is 6.22. The number of amidine groups is 1. The molecule has 2 amide bonds. The number of hydrogen-bond acceptors (Lipinski definition) is 4. The molecule has 0 aliphatic carbocycles. The molecular weight excluding hydrogens is 281 g/mol. The summed E-state index contributed by atoms with van der Waals surface area (Å²) in [5, 5.41) is 2.72. The number of halogens is 1. The predicted octanol–water partition coefficient (Wildman–Crippen LogP) is 1.47. The number of carbonyl (C=O) groups excluding carboxylic acids is 2. The Morgan fingerprint density at radius 1 is 1.50 bits per heavy atom. The molecule has 1 saturated heterocycles. The van der Waals surface area contributed by atoms with E-state index in [1.165, 1.54) is 23.9 Å². The minimum atomic E-state index is -0.490. The highest BCUT2D eigenvalue weighted by atomic mass is 32.2. The Balaban J connectivity index is 1.63. The number of nitrogens with zero attached hydrogens (tertiary/aromatic N) is 2. The van der Waals surface area contributed by atoms with Crippen molar-refractivity contribution in [3.05, 3.63) is 30.1 Å². The molecule has 3 rings (SSSR count). The zero-order valence-corrected chi connectivity index (χ0v) is 11.3. The molecule has 1 aromatic rings. The summed E-state index contributed by atoms with van der Waals surface area (Å²) in [6.45, 7) is 1.22. The summed E-state index contributed by atoms with van der Waals surface area (Å²) < 4.78 is 13.4. The van der Waals surface area contributed by atoms with E-state index in [1.54, 1.807) is 17.0 Å². The van der Waals surface area contributed by atoms with Crippen molar-refractivity contribution < 1.29 is 14.0 Å². The van der Waals surface area contributed by atoms with Gasteiger partial charge in [0, 0.05) is 13.0 Å². The molecule has 1 N–H and O–H groups in total. The maximum atomic E-state index is 13.4. The van der Waals surface area contributed by atoms with Crippen LogP contribution >= 0.6 is 11.8 Å². The topological polar surface area (TPSA) is 61.8 Å². The van der Waals surface area contributed by atoms with Crippen LogP contribution in [0.3, 0.4) is 0 Å². The number of thioether (sulfide) groups is 1. The zero-order chi connectivity index (χ0) is 14.1. The van der Waals surface area contributed by atoms with Gasteiger partial charge in [0.1, 0.15) is 11.1 Å². The predicted molar refractivity (Wildman–Crippen MR) is 75.0 cm³/mol. The van der Waals surface area contributed by atoms with E-state index < -0.39 is 11.1 Å². The van der Waals surface area contributed by atoms with E-state index in [4.69, 9.17) is 0 Å². The number of rotatable bonds is 3. The van der Waals surface area contributed by atoms with Crippen molar-refractivity contribution in [1.82, 2.24) is 4.90 Å². The van der Waals surface area contributed by atoms with Crippen LogP contribution in [0.1, 0.15) is 6.42 Å². The maximum Gasteiger partial charge on any atom is 0.242 e. The first-order valence-corrected chi connectivity index (χ1v) is 7.10. The van der Waals surface area contributed by atoms with Gasteiger partial charge < -0.3 is 5.32 Å². The number of aliphatic imine (C=N–C) groups is 1. The molecule has 5 nitrogen and oxygen atoms in total. The van der Waals surface area contributed by atoms with E-state index in [-0.39, 0.29) is 23.9 Å². The average molecular weight is 293 g/mol. The number of para-hydroxylation sites is 1. The quantitative estimate of drug-likeness (QED) is 0.918. The van der Waals surface area contributed by atoms with Crippen molar-refractivity contribution in [2.45, 2.75) is 11.7 Å². The van der Waals surface area contributed by atoms with Crippen molar-refractivity contribution in [3.8, 4) is 0 Å². The SMILES string of the molecule is O=C(C[C@@H]1SC2=NCCN2C1=O)Nc1ccccc1F. The number of nitrogens with one attached hydrogen (secondary N) is 1. The van der Waals surface area contributed by atoms with Gasteiger partial charge >= 0.3 is 0 Å². The normalized spacial score (nSPS) is 20.9. The van der Waals surface area contributed by atoms with E-state index in [1.807, 2.05) is 0 Å². The lowest BCUT2D eigenvalue weighted by Gasteiger charge is -2.10. The fourth-order valence-electron chi connectivity index (χ4n) is 2.14. The molecule has 2 heterocycles. The van der Waals surface area contributed by atoms with Gasteiger partial charge in [-0.2, -0.15) is 0 Å². The van der Waals surface area contributed by atoms with Crippen LogP contribution in [0.2, 0.25) is 0 Å². The number of hydrogen-bond donors (Lipinski definition) is 1. The minimum Gasteiger partial charge on any atom is -0.324 e. The molecule has 0 saturated carbocycles. The number of benzene rings is 1. The van der Waals surface area contributed by atoms with E-state index in [2.05, 4.69) is 10.3 Å². The lowest BCUT2D eigenvalue weighted by Crippen LogP contribution is -2.32. The summed E-state index contributed by atoms with van der Waals surface area (Å²) in [4.78, 5) is 29.7. The number of carbonyl (C=O) groups is 2. The van der Waals surface area contributed by atoms with Crippen LogP contribution < -0.4 is 5.32 Å². The Labute approximate surface area is 119 Å². The minimum absolute atomic E-state index is 0.0212. The molecule has 104 valence electrons. The molecule has 20 heavy (non-hydrogen) atoms. The van der Waals surface area contributed by atoms with Crippen molar-refractivity contribution in [2.75, 3.05) is 18.4 Å². The summed E-state index contributed by atoms with van der Waals surface area (Å²) in [6, 6.07) is 5.95. The molecule has 1 aromatic carbocycles. The van der Waals surface area contributed by atoms with Crippen molar-refractivity contribution in [1.29, 1.82) is 0 Å². The van der Waals surface area contributed by atoms with Crippen LogP contribution in [-0.4, -0.2) is 40.2 Å². The van der Waals surface area contributed by atoms with Crippen molar-refractivity contribution in [2.24, 2.45) is 4.99 Å². The van der Waals surface area contributed by atoms with Gasteiger partial charge in [-0.15, -0.1) is 0 Å². The highest BCUT2D eigenvalue weighted by Gasteiger charge is 2.40. The third kappa shape index (κ3) is 2.40. The summed E-state index contributed by atoms with van der Waals surface area (Å²) >= 11 is 1.30. The molecule has 1 atom stereocenters. The molecule has 2 aliphatic heterocycles. The van der Waals surface area contributed by atoms with Crippen molar-refractivity contribution in [3.63, 3.8) is 0 Å². The van der Waals surface area contributed by atoms with Gasteiger partial charge in [0.2, 0.25) is 11.8 Å². The second-order valence-corrected chi connectivity index (χ2v) is 5.66. The van der Waals surface area contributed by atoms with Crippen LogP contribution in [0, 0.1) is 5.82 Å². The maximum absolute atomic E-state index is 13.4. The Bertz CT molecular complexity index is 605. The highest BCUT2D eigenvalue weighted by molar-refractivity contribution is 8.15. The lowest BCUT2D eigenvalue weighted by atomic mass is 10.2. The third-order valence-electron chi connectivity index (χ3n) is 3.11. The number of amides is 2. The van der Waals surface area contributed by atoms with Crippen LogP contribution in [0.15, 0.2) is 29.3 Å². The number of anilines is 1. The smallest absolute Gasteiger partial charge is 0.242 e. The second-order valence-electron chi connectivity index (χ2n) is 4.49. The summed E-state index contributed by atoms with van der Waals surface area (Å²) in [5.41, 5.74) is 0.130. The van der Waals surface area contributed by atoms with E-state index >= 15 is 0 Å². The molecule has 0 aromatic heterocycles. The van der Waals surface area contributed by atoms with Gasteiger partial charge in [-0.3, -0.25) is 19.5 Å². The van der Waals surface area contributed by atoms with Gasteiger partial charge in [-0.05, 0) is 12.1 Å². The summed E-state index contributed by atoms with van der Waals surface area (Å²) in [7, 11) is 0. The van der Waals surface area contributed by atoms with Crippen LogP contribution in [-0.2, 0) is 9.59 Å². The number of fused-ring (bicyclic) bond motifs is 1. The zero-order valence-electron chi connectivity index (χ0n) is 10.5. The lowest BCUT2D eigenvalue weighted by molar-refractivity contribution is -0.127. The first kappa shape index (κ1) is 13.1. The second kappa shape index (κ2) is 5.24. The van der Waals surface area contributed by atoms with E-state index in [0.29, 0.717) is 18.3 Å². The first-order chi connectivity index (χ1) is 9.65. The van der Waals surface area contributed by atoms with Gasteiger partial charge in [0.25, 0.3) is 0 Å².